The van der Waals surface area contributed by atoms with Crippen LogP contribution in [0.25, 0.3) is 11.0 Å². The van der Waals surface area contributed by atoms with E-state index < -0.39 is 0 Å². The predicted molar refractivity (Wildman–Crippen MR) is 111 cm³/mol. The Bertz CT molecular complexity index is 1000. The zero-order valence-corrected chi connectivity index (χ0v) is 16.8. The number of hydrogen-bond acceptors (Lipinski definition) is 3. The number of anilines is 1. The Morgan fingerprint density at radius 1 is 1.11 bits per heavy atom. The summed E-state index contributed by atoms with van der Waals surface area (Å²) in [7, 11) is 0. The van der Waals surface area contributed by atoms with Crippen LogP contribution in [0.5, 0.6) is 0 Å². The van der Waals surface area contributed by atoms with E-state index in [-0.39, 0.29) is 18.2 Å². The summed E-state index contributed by atoms with van der Waals surface area (Å²) in [5.74, 6) is 0.256. The van der Waals surface area contributed by atoms with Crippen LogP contribution in [-0.4, -0.2) is 11.8 Å². The summed E-state index contributed by atoms with van der Waals surface area (Å²) in [6, 6.07) is 11.6. The van der Waals surface area contributed by atoms with Crippen LogP contribution >= 0.6 is 0 Å². The van der Waals surface area contributed by atoms with E-state index in [0.717, 1.165) is 27.8 Å². The average Bonchev–Trinajstić information content (AvgIpc) is 3.01. The average molecular weight is 378 g/mol. The van der Waals surface area contributed by atoms with Crippen molar-refractivity contribution in [1.82, 2.24) is 5.32 Å². The molecule has 0 spiro atoms. The third-order valence-corrected chi connectivity index (χ3v) is 4.78. The lowest BCUT2D eigenvalue weighted by Gasteiger charge is -2.10. The molecule has 3 aromatic rings. The normalized spacial score (nSPS) is 11.0. The van der Waals surface area contributed by atoms with Crippen molar-refractivity contribution in [1.29, 1.82) is 0 Å². The molecule has 0 saturated carbocycles. The highest BCUT2D eigenvalue weighted by Gasteiger charge is 2.14. The molecule has 146 valence electrons. The van der Waals surface area contributed by atoms with Gasteiger partial charge < -0.3 is 15.1 Å². The number of fused-ring (bicyclic) bond motifs is 1. The molecule has 5 nitrogen and oxygen atoms in total. The molecule has 2 amide bonds. The molecule has 0 aliphatic carbocycles. The molecule has 5 heteroatoms. The second-order valence-electron chi connectivity index (χ2n) is 7.45. The summed E-state index contributed by atoms with van der Waals surface area (Å²) < 4.78 is 5.66. The zero-order chi connectivity index (χ0) is 20.3. The fraction of sp³-hybridized carbons (Fsp3) is 0.304. The first-order valence-corrected chi connectivity index (χ1v) is 9.47. The van der Waals surface area contributed by atoms with E-state index in [1.165, 1.54) is 18.1 Å². The Morgan fingerprint density at radius 2 is 1.82 bits per heavy atom. The van der Waals surface area contributed by atoms with Gasteiger partial charge in [0.05, 0.1) is 12.7 Å². The first-order valence-electron chi connectivity index (χ1n) is 9.47. The Morgan fingerprint density at radius 3 is 2.46 bits per heavy atom. The highest BCUT2D eigenvalue weighted by atomic mass is 16.3. The van der Waals surface area contributed by atoms with Gasteiger partial charge in [-0.05, 0) is 53.8 Å². The topological polar surface area (TPSA) is 71.3 Å². The molecule has 2 N–H and O–H groups in total. The van der Waals surface area contributed by atoms with Gasteiger partial charge in [0.2, 0.25) is 11.8 Å². The number of furan rings is 1. The Hall–Kier alpha value is -3.08. The van der Waals surface area contributed by atoms with Gasteiger partial charge in [-0.15, -0.1) is 0 Å². The van der Waals surface area contributed by atoms with Crippen LogP contribution in [0.15, 0.2) is 47.1 Å². The van der Waals surface area contributed by atoms with Crippen molar-refractivity contribution in [3.8, 4) is 0 Å². The summed E-state index contributed by atoms with van der Waals surface area (Å²) in [4.78, 5) is 23.5. The minimum absolute atomic E-state index is 0.0553. The van der Waals surface area contributed by atoms with E-state index in [9.17, 15) is 9.59 Å². The SMILES string of the molecule is CC(=O)Nc1ccc(CNC(=O)Cc2coc3cc(C)c(C(C)C)cc23)cc1. The molecule has 3 rings (SSSR count). The minimum Gasteiger partial charge on any atom is -0.464 e. The van der Waals surface area contributed by atoms with E-state index in [1.54, 1.807) is 6.26 Å². The van der Waals surface area contributed by atoms with Crippen LogP contribution in [0.3, 0.4) is 0 Å². The zero-order valence-electron chi connectivity index (χ0n) is 16.8. The van der Waals surface area contributed by atoms with E-state index in [1.807, 2.05) is 30.3 Å². The third kappa shape index (κ3) is 4.60. The van der Waals surface area contributed by atoms with Gasteiger partial charge in [-0.2, -0.15) is 0 Å². The first kappa shape index (κ1) is 19.7. The van der Waals surface area contributed by atoms with Gasteiger partial charge in [0.15, 0.2) is 0 Å². The summed E-state index contributed by atoms with van der Waals surface area (Å²) in [5.41, 5.74) is 5.90. The van der Waals surface area contributed by atoms with Crippen molar-refractivity contribution in [3.63, 3.8) is 0 Å². The number of amides is 2. The Balaban J connectivity index is 1.65. The smallest absolute Gasteiger partial charge is 0.224 e. The lowest BCUT2D eigenvalue weighted by Crippen LogP contribution is -2.24. The number of rotatable bonds is 6. The number of aryl methyl sites for hydroxylation is 1. The fourth-order valence-corrected chi connectivity index (χ4v) is 3.35. The van der Waals surface area contributed by atoms with Crippen LogP contribution in [0.1, 0.15) is 48.9 Å². The van der Waals surface area contributed by atoms with Crippen molar-refractivity contribution in [3.05, 3.63) is 64.9 Å². The van der Waals surface area contributed by atoms with Gasteiger partial charge in [0.25, 0.3) is 0 Å². The maximum absolute atomic E-state index is 12.4. The molecule has 0 unspecified atom stereocenters. The molecule has 0 aliphatic rings. The Kier molecular flexibility index (Phi) is 5.83. The summed E-state index contributed by atoms with van der Waals surface area (Å²) in [6.07, 6.45) is 1.95. The number of nitrogens with one attached hydrogen (secondary N) is 2. The number of benzene rings is 2. The Labute approximate surface area is 165 Å². The maximum Gasteiger partial charge on any atom is 0.224 e. The van der Waals surface area contributed by atoms with E-state index in [2.05, 4.69) is 37.5 Å². The second kappa shape index (κ2) is 8.30. The fourth-order valence-electron chi connectivity index (χ4n) is 3.35. The van der Waals surface area contributed by atoms with Crippen LogP contribution < -0.4 is 10.6 Å². The van der Waals surface area contributed by atoms with E-state index in [4.69, 9.17) is 4.42 Å². The molecule has 0 radical (unpaired) electrons. The molecular weight excluding hydrogens is 352 g/mol. The van der Waals surface area contributed by atoms with E-state index >= 15 is 0 Å². The molecule has 0 atom stereocenters. The van der Waals surface area contributed by atoms with Crippen LogP contribution in [0.4, 0.5) is 5.69 Å². The van der Waals surface area contributed by atoms with Gasteiger partial charge in [0, 0.05) is 30.1 Å². The molecular formula is C23H26N2O3. The molecule has 0 saturated heterocycles. The molecule has 2 aromatic carbocycles. The molecule has 0 fully saturated rings. The summed E-state index contributed by atoms with van der Waals surface area (Å²) >= 11 is 0. The van der Waals surface area contributed by atoms with E-state index in [0.29, 0.717) is 12.5 Å². The van der Waals surface area contributed by atoms with Crippen molar-refractivity contribution in [2.75, 3.05) is 5.32 Å². The number of hydrogen-bond donors (Lipinski definition) is 2. The maximum atomic E-state index is 12.4. The molecule has 0 bridgehead atoms. The lowest BCUT2D eigenvalue weighted by atomic mass is 9.95. The van der Waals surface area contributed by atoms with Crippen molar-refractivity contribution < 1.29 is 14.0 Å². The highest BCUT2D eigenvalue weighted by molar-refractivity contribution is 5.89. The largest absolute Gasteiger partial charge is 0.464 e. The van der Waals surface area contributed by atoms with Gasteiger partial charge >= 0.3 is 0 Å². The van der Waals surface area contributed by atoms with Crippen molar-refractivity contribution in [2.45, 2.75) is 46.6 Å². The lowest BCUT2D eigenvalue weighted by molar-refractivity contribution is -0.120. The molecule has 1 heterocycles. The standard InChI is InChI=1S/C23H26N2O3/c1-14(2)20-11-21-18(13-28-22(21)9-15(20)3)10-23(27)24-12-17-5-7-19(8-6-17)25-16(4)26/h5-9,11,13-14H,10,12H2,1-4H3,(H,24,27)(H,25,26). The number of carbonyl (C=O) groups is 2. The first-order chi connectivity index (χ1) is 13.3. The quantitative estimate of drug-likeness (QED) is 0.654. The minimum atomic E-state index is -0.107. The highest BCUT2D eigenvalue weighted by Crippen LogP contribution is 2.29. The van der Waals surface area contributed by atoms with Crippen LogP contribution in [-0.2, 0) is 22.6 Å². The monoisotopic (exact) mass is 378 g/mol. The van der Waals surface area contributed by atoms with Gasteiger partial charge in [-0.3, -0.25) is 9.59 Å². The molecule has 0 aliphatic heterocycles. The van der Waals surface area contributed by atoms with Gasteiger partial charge in [-0.25, -0.2) is 0 Å². The second-order valence-corrected chi connectivity index (χ2v) is 7.45. The molecule has 1 aromatic heterocycles. The van der Waals surface area contributed by atoms with Gasteiger partial charge in [-0.1, -0.05) is 26.0 Å². The third-order valence-electron chi connectivity index (χ3n) is 4.78. The van der Waals surface area contributed by atoms with Gasteiger partial charge in [0.1, 0.15) is 5.58 Å². The molecule has 28 heavy (non-hydrogen) atoms. The number of carbonyl (C=O) groups excluding carboxylic acids is 2. The van der Waals surface area contributed by atoms with Crippen molar-refractivity contribution >= 4 is 28.5 Å². The van der Waals surface area contributed by atoms with Crippen LogP contribution in [0, 0.1) is 6.92 Å². The van der Waals surface area contributed by atoms with Crippen molar-refractivity contribution in [2.24, 2.45) is 0 Å². The summed E-state index contributed by atoms with van der Waals surface area (Å²) in [6.45, 7) is 8.32. The van der Waals surface area contributed by atoms with Crippen LogP contribution in [0.2, 0.25) is 0 Å². The summed E-state index contributed by atoms with van der Waals surface area (Å²) in [5, 5.41) is 6.67. The predicted octanol–water partition coefficient (Wildman–Crippen LogP) is 4.68.